The summed E-state index contributed by atoms with van der Waals surface area (Å²) in [6.45, 7) is 1.04. The van der Waals surface area contributed by atoms with Gasteiger partial charge in [0, 0.05) is 24.3 Å². The van der Waals surface area contributed by atoms with Crippen molar-refractivity contribution in [2.45, 2.75) is 17.2 Å². The van der Waals surface area contributed by atoms with Gasteiger partial charge < -0.3 is 4.74 Å². The third kappa shape index (κ3) is 4.69. The van der Waals surface area contributed by atoms with E-state index in [1.807, 2.05) is 4.72 Å². The SMILES string of the molecule is O=S(=O)(Nc1cccc(-c2nc(C3CCOC3)sc2-c2ccnc(Cl)n2)c1F)c1c(F)cccc1F. The standard InChI is InChI=1S/C23H16ClF3N4O3S2/c24-23-28-9-7-17(29-23)20-19(30-22(35-20)12-8-10-34-11-12)13-3-1-6-16(18(13)27)31-36(32,33)21-14(25)4-2-5-15(21)26/h1-7,9,12,31H,8,10-11H2. The van der Waals surface area contributed by atoms with Gasteiger partial charge in [0.1, 0.15) is 11.6 Å². The maximum atomic E-state index is 15.7. The Morgan fingerprint density at radius 3 is 2.50 bits per heavy atom. The van der Waals surface area contributed by atoms with Gasteiger partial charge in [0.25, 0.3) is 10.0 Å². The van der Waals surface area contributed by atoms with Crippen LogP contribution in [0.4, 0.5) is 18.9 Å². The van der Waals surface area contributed by atoms with E-state index in [0.717, 1.165) is 30.7 Å². The fourth-order valence-electron chi connectivity index (χ4n) is 3.79. The number of nitrogens with zero attached hydrogens (tertiary/aromatic N) is 3. The molecule has 0 bridgehead atoms. The lowest BCUT2D eigenvalue weighted by molar-refractivity contribution is 0.194. The predicted octanol–water partition coefficient (Wildman–Crippen LogP) is 5.64. The third-order valence-corrected chi connectivity index (χ3v) is 8.31. The van der Waals surface area contributed by atoms with Gasteiger partial charge in [-0.1, -0.05) is 12.1 Å². The molecule has 0 radical (unpaired) electrons. The van der Waals surface area contributed by atoms with Crippen molar-refractivity contribution < 1.29 is 26.3 Å². The molecular formula is C23H16ClF3N4O3S2. The number of sulfonamides is 1. The molecule has 0 saturated carbocycles. The number of thiazole rings is 1. The van der Waals surface area contributed by atoms with E-state index >= 15 is 4.39 Å². The summed E-state index contributed by atoms with van der Waals surface area (Å²) in [5, 5.41) is 0.692. The summed E-state index contributed by atoms with van der Waals surface area (Å²) in [6.07, 6.45) is 2.20. The van der Waals surface area contributed by atoms with Crippen LogP contribution in [-0.4, -0.2) is 36.6 Å². The van der Waals surface area contributed by atoms with Crippen molar-refractivity contribution >= 4 is 38.6 Å². The summed E-state index contributed by atoms with van der Waals surface area (Å²) in [5.74, 6) is -3.57. The van der Waals surface area contributed by atoms with Crippen LogP contribution in [-0.2, 0) is 14.8 Å². The number of aromatic nitrogens is 3. The van der Waals surface area contributed by atoms with E-state index in [1.165, 1.54) is 29.7 Å². The Hall–Kier alpha value is -3.06. The molecule has 2 aromatic carbocycles. The number of hydrogen-bond donors (Lipinski definition) is 1. The highest BCUT2D eigenvalue weighted by atomic mass is 35.5. The van der Waals surface area contributed by atoms with Crippen molar-refractivity contribution in [2.24, 2.45) is 0 Å². The van der Waals surface area contributed by atoms with Gasteiger partial charge in [-0.2, -0.15) is 0 Å². The molecule has 1 aliphatic heterocycles. The van der Waals surface area contributed by atoms with Gasteiger partial charge in [-0.15, -0.1) is 11.3 Å². The number of nitrogens with one attached hydrogen (secondary N) is 1. The van der Waals surface area contributed by atoms with Crippen molar-refractivity contribution in [1.29, 1.82) is 0 Å². The molecule has 1 unspecified atom stereocenters. The number of benzene rings is 2. The molecule has 0 spiro atoms. The molecule has 0 amide bonds. The van der Waals surface area contributed by atoms with Crippen LogP contribution in [0.1, 0.15) is 17.3 Å². The first-order chi connectivity index (χ1) is 17.2. The van der Waals surface area contributed by atoms with Crippen molar-refractivity contribution in [3.05, 3.63) is 76.4 Å². The smallest absolute Gasteiger partial charge is 0.267 e. The topological polar surface area (TPSA) is 94.1 Å². The van der Waals surface area contributed by atoms with Crippen molar-refractivity contribution in [1.82, 2.24) is 15.0 Å². The summed E-state index contributed by atoms with van der Waals surface area (Å²) < 4.78 is 76.8. The lowest BCUT2D eigenvalue weighted by Crippen LogP contribution is -2.17. The average Bonchev–Trinajstić information content (AvgIpc) is 3.50. The number of hydrogen-bond acceptors (Lipinski definition) is 7. The highest BCUT2D eigenvalue weighted by Crippen LogP contribution is 2.42. The summed E-state index contributed by atoms with van der Waals surface area (Å²) in [5.41, 5.74) is 0.0923. The highest BCUT2D eigenvalue weighted by Gasteiger charge is 2.29. The van der Waals surface area contributed by atoms with Gasteiger partial charge in [-0.3, -0.25) is 4.72 Å². The zero-order valence-corrected chi connectivity index (χ0v) is 20.6. The van der Waals surface area contributed by atoms with E-state index in [0.29, 0.717) is 28.8 Å². The number of ether oxygens (including phenoxy) is 1. The van der Waals surface area contributed by atoms with Crippen LogP contribution < -0.4 is 4.72 Å². The van der Waals surface area contributed by atoms with Crippen LogP contribution >= 0.6 is 22.9 Å². The van der Waals surface area contributed by atoms with Gasteiger partial charge in [-0.05, 0) is 48.4 Å². The third-order valence-electron chi connectivity index (χ3n) is 5.47. The Morgan fingerprint density at radius 2 is 1.81 bits per heavy atom. The molecule has 7 nitrogen and oxygen atoms in total. The van der Waals surface area contributed by atoms with E-state index in [9.17, 15) is 17.2 Å². The molecule has 0 aliphatic carbocycles. The Morgan fingerprint density at radius 1 is 1.06 bits per heavy atom. The molecule has 2 aromatic heterocycles. The Labute approximate surface area is 213 Å². The van der Waals surface area contributed by atoms with Crippen LogP contribution in [0.15, 0.2) is 53.6 Å². The number of anilines is 1. The van der Waals surface area contributed by atoms with Crippen LogP contribution in [0.3, 0.4) is 0 Å². The first-order valence-electron chi connectivity index (χ1n) is 10.6. The summed E-state index contributed by atoms with van der Waals surface area (Å²) in [6, 6.07) is 8.20. The molecular weight excluding hydrogens is 537 g/mol. The van der Waals surface area contributed by atoms with Gasteiger partial charge in [0.15, 0.2) is 10.7 Å². The second-order valence-electron chi connectivity index (χ2n) is 7.82. The monoisotopic (exact) mass is 552 g/mol. The largest absolute Gasteiger partial charge is 0.381 e. The summed E-state index contributed by atoms with van der Waals surface area (Å²) in [7, 11) is -4.78. The summed E-state index contributed by atoms with van der Waals surface area (Å²) >= 11 is 7.27. The molecule has 4 aromatic rings. The van der Waals surface area contributed by atoms with Gasteiger partial charge in [0.2, 0.25) is 5.28 Å². The van der Waals surface area contributed by atoms with Crippen LogP contribution in [0.25, 0.3) is 21.8 Å². The first-order valence-corrected chi connectivity index (χ1v) is 13.3. The quantitative estimate of drug-likeness (QED) is 0.311. The molecule has 1 aliphatic rings. The molecule has 186 valence electrons. The van der Waals surface area contributed by atoms with Crippen molar-refractivity contribution in [2.75, 3.05) is 17.9 Å². The van der Waals surface area contributed by atoms with Crippen molar-refractivity contribution in [3.63, 3.8) is 0 Å². The maximum Gasteiger partial charge on any atom is 0.267 e. The molecule has 3 heterocycles. The lowest BCUT2D eigenvalue weighted by atomic mass is 10.1. The second kappa shape index (κ2) is 9.77. The molecule has 1 atom stereocenters. The molecule has 5 rings (SSSR count). The van der Waals surface area contributed by atoms with Crippen molar-refractivity contribution in [3.8, 4) is 21.8 Å². The van der Waals surface area contributed by atoms with E-state index in [1.54, 1.807) is 6.07 Å². The Bertz CT molecular complexity index is 1540. The molecule has 1 N–H and O–H groups in total. The minimum atomic E-state index is -4.78. The Kier molecular flexibility index (Phi) is 6.68. The zero-order chi connectivity index (χ0) is 25.4. The van der Waals surface area contributed by atoms with E-state index in [4.69, 9.17) is 16.3 Å². The molecule has 1 fully saturated rings. The first kappa shape index (κ1) is 24.6. The fraction of sp³-hybridized carbons (Fsp3) is 0.174. The van der Waals surface area contributed by atoms with Gasteiger partial charge in [0.05, 0.1) is 33.6 Å². The fourth-order valence-corrected chi connectivity index (χ4v) is 6.30. The van der Waals surface area contributed by atoms with E-state index in [2.05, 4.69) is 15.0 Å². The summed E-state index contributed by atoms with van der Waals surface area (Å²) in [4.78, 5) is 12.0. The minimum Gasteiger partial charge on any atom is -0.381 e. The number of rotatable bonds is 6. The molecule has 1 saturated heterocycles. The van der Waals surface area contributed by atoms with E-state index in [-0.39, 0.29) is 22.5 Å². The van der Waals surface area contributed by atoms with Crippen LogP contribution in [0.5, 0.6) is 0 Å². The predicted molar refractivity (Wildman–Crippen MR) is 129 cm³/mol. The second-order valence-corrected chi connectivity index (χ2v) is 10.8. The maximum absolute atomic E-state index is 15.7. The molecule has 36 heavy (non-hydrogen) atoms. The molecule has 13 heteroatoms. The normalized spacial score (nSPS) is 15.8. The average molecular weight is 553 g/mol. The highest BCUT2D eigenvalue weighted by molar-refractivity contribution is 7.92. The minimum absolute atomic E-state index is 0.00787. The zero-order valence-electron chi connectivity index (χ0n) is 18.2. The van der Waals surface area contributed by atoms with Gasteiger partial charge >= 0.3 is 0 Å². The number of halogens is 4. The van der Waals surface area contributed by atoms with E-state index < -0.39 is 38.1 Å². The van der Waals surface area contributed by atoms with Crippen LogP contribution in [0, 0.1) is 17.5 Å². The Balaban J connectivity index is 1.61. The van der Waals surface area contributed by atoms with Crippen LogP contribution in [0.2, 0.25) is 5.28 Å². The lowest BCUT2D eigenvalue weighted by Gasteiger charge is -2.12. The van der Waals surface area contributed by atoms with Gasteiger partial charge in [-0.25, -0.2) is 36.5 Å².